The number of hydrogen-bond acceptors (Lipinski definition) is 4. The van der Waals surface area contributed by atoms with Gasteiger partial charge in [-0.2, -0.15) is 0 Å². The largest absolute Gasteiger partial charge is 0.477 e. The zero-order valence-corrected chi connectivity index (χ0v) is 19.8. The second kappa shape index (κ2) is 14.6. The van der Waals surface area contributed by atoms with E-state index < -0.39 is 5.97 Å². The first-order valence-electron chi connectivity index (χ1n) is 10.8. The molecule has 5 heteroatoms. The van der Waals surface area contributed by atoms with Crippen LogP contribution in [0.3, 0.4) is 0 Å². The van der Waals surface area contributed by atoms with Crippen molar-refractivity contribution in [3.05, 3.63) is 57.3 Å². The third-order valence-corrected chi connectivity index (χ3v) is 5.65. The van der Waals surface area contributed by atoms with Crippen LogP contribution in [0.1, 0.15) is 91.1 Å². The molecule has 1 aromatic heterocycles. The first-order chi connectivity index (χ1) is 14.7. The molecule has 1 heterocycles. The molecule has 0 aliphatic heterocycles. The van der Waals surface area contributed by atoms with Crippen molar-refractivity contribution in [2.24, 2.45) is 5.92 Å². The lowest BCUT2D eigenvalue weighted by molar-refractivity contribution is -0.117. The minimum Gasteiger partial charge on any atom is -0.477 e. The second-order valence-corrected chi connectivity index (χ2v) is 8.99. The van der Waals surface area contributed by atoms with Crippen LogP contribution in [0.5, 0.6) is 0 Å². The van der Waals surface area contributed by atoms with Gasteiger partial charge in [0.05, 0.1) is 11.0 Å². The number of aliphatic hydroxyl groups excluding tert-OH is 1. The lowest BCUT2D eigenvalue weighted by atomic mass is 10.0. The molecule has 4 nitrogen and oxygen atoms in total. The first kappa shape index (κ1) is 26.6. The van der Waals surface area contributed by atoms with Gasteiger partial charge in [-0.1, -0.05) is 74.8 Å². The molecule has 0 spiro atoms. The molecule has 0 amide bonds. The topological polar surface area (TPSA) is 74.6 Å². The smallest absolute Gasteiger partial charge is 0.345 e. The van der Waals surface area contributed by atoms with E-state index in [-0.39, 0.29) is 17.8 Å². The Morgan fingerprint density at radius 1 is 1.10 bits per heavy atom. The van der Waals surface area contributed by atoms with Crippen LogP contribution in [0.25, 0.3) is 0 Å². The molecule has 1 aromatic carbocycles. The highest BCUT2D eigenvalue weighted by molar-refractivity contribution is 7.14. The van der Waals surface area contributed by atoms with E-state index in [1.807, 2.05) is 19.1 Å². The fraction of sp³-hybridized carbons (Fsp3) is 0.462. The summed E-state index contributed by atoms with van der Waals surface area (Å²) in [5, 5.41) is 18.6. The number of carbonyl (C=O) groups is 2. The van der Waals surface area contributed by atoms with Crippen molar-refractivity contribution in [3.63, 3.8) is 0 Å². The van der Waals surface area contributed by atoms with Crippen LogP contribution in [0, 0.1) is 24.7 Å². The molecule has 0 saturated carbocycles. The van der Waals surface area contributed by atoms with Gasteiger partial charge in [0.15, 0.2) is 0 Å². The molecule has 0 bridgehead atoms. The van der Waals surface area contributed by atoms with E-state index in [9.17, 15) is 14.7 Å². The molecule has 0 aliphatic carbocycles. The fourth-order valence-electron chi connectivity index (χ4n) is 2.94. The van der Waals surface area contributed by atoms with Gasteiger partial charge in [0.1, 0.15) is 10.7 Å². The summed E-state index contributed by atoms with van der Waals surface area (Å²) in [4.78, 5) is 22.5. The Hall–Kier alpha value is -2.42. The maximum absolute atomic E-state index is 10.9. The lowest BCUT2D eigenvalue weighted by Crippen LogP contribution is -2.00. The van der Waals surface area contributed by atoms with E-state index in [0.29, 0.717) is 17.7 Å². The Labute approximate surface area is 190 Å². The average Bonchev–Trinajstić information content (AvgIpc) is 3.18. The van der Waals surface area contributed by atoms with E-state index in [2.05, 4.69) is 37.8 Å². The number of carboxylic acid groups (broad SMARTS) is 1. The molecular formula is C26H34O4S. The third kappa shape index (κ3) is 11.5. The molecule has 0 fully saturated rings. The number of carbonyl (C=O) groups excluding carboxylic acids is 1. The average molecular weight is 443 g/mol. The van der Waals surface area contributed by atoms with E-state index in [1.54, 1.807) is 19.1 Å². The number of carboxylic acids is 1. The second-order valence-electron chi connectivity index (χ2n) is 7.91. The summed E-state index contributed by atoms with van der Waals surface area (Å²) in [7, 11) is 0. The number of thiophene rings is 1. The number of hydrogen-bond donors (Lipinski definition) is 2. The minimum absolute atomic E-state index is 0.170. The van der Waals surface area contributed by atoms with Crippen LogP contribution in [0.4, 0.5) is 0 Å². The van der Waals surface area contributed by atoms with E-state index in [4.69, 9.17) is 5.11 Å². The van der Waals surface area contributed by atoms with Crippen LogP contribution in [-0.2, 0) is 4.79 Å². The molecule has 2 rings (SSSR count). The summed E-state index contributed by atoms with van der Waals surface area (Å²) < 4.78 is 0. The maximum Gasteiger partial charge on any atom is 0.345 e. The molecule has 2 N–H and O–H groups in total. The van der Waals surface area contributed by atoms with Gasteiger partial charge in [0, 0.05) is 12.8 Å². The zero-order chi connectivity index (χ0) is 23.2. The van der Waals surface area contributed by atoms with Gasteiger partial charge in [-0.25, -0.2) is 4.79 Å². The predicted octanol–water partition coefficient (Wildman–Crippen LogP) is 6.41. The number of aryl methyl sites for hydroxylation is 1. The fourth-order valence-corrected chi connectivity index (χ4v) is 3.66. The van der Waals surface area contributed by atoms with Crippen molar-refractivity contribution in [2.75, 3.05) is 0 Å². The summed E-state index contributed by atoms with van der Waals surface area (Å²) in [6.07, 6.45) is 5.34. The van der Waals surface area contributed by atoms with Gasteiger partial charge >= 0.3 is 5.97 Å². The highest BCUT2D eigenvalue weighted by atomic mass is 32.1. The van der Waals surface area contributed by atoms with Gasteiger partial charge in [-0.05, 0) is 43.9 Å². The summed E-state index contributed by atoms with van der Waals surface area (Å²) in [6, 6.07) is 11.4. The highest BCUT2D eigenvalue weighted by Crippen LogP contribution is 2.19. The predicted molar refractivity (Wildman–Crippen MR) is 128 cm³/mol. The molecule has 2 atom stereocenters. The molecule has 1 unspecified atom stereocenters. The number of aromatic carboxylic acids is 1. The highest BCUT2D eigenvalue weighted by Gasteiger charge is 2.06. The Balaban J connectivity index is 0.000000316. The normalized spacial score (nSPS) is 12.0. The number of ketones is 1. The Bertz CT molecular complexity index is 871. The van der Waals surface area contributed by atoms with Crippen LogP contribution in [-0.4, -0.2) is 22.0 Å². The van der Waals surface area contributed by atoms with E-state index in [0.717, 1.165) is 23.3 Å². The maximum atomic E-state index is 10.9. The van der Waals surface area contributed by atoms with Gasteiger partial charge in [-0.3, -0.25) is 0 Å². The van der Waals surface area contributed by atoms with Crippen LogP contribution in [0.2, 0.25) is 0 Å². The summed E-state index contributed by atoms with van der Waals surface area (Å²) in [5.74, 6) is 5.39. The molecular weight excluding hydrogens is 408 g/mol. The molecule has 0 aliphatic rings. The van der Waals surface area contributed by atoms with Crippen molar-refractivity contribution in [1.29, 1.82) is 0 Å². The summed E-state index contributed by atoms with van der Waals surface area (Å²) >= 11 is 1.17. The molecule has 168 valence electrons. The standard InChI is InChI=1S/C13H14O3S.C13H20O/c1-9(8-10(2)14)4-3-5-11-6-7-12(17-11)13(15)16;1-3-4-5-6-13(14)12-9-7-11(2)8-10-12/h6-7,9H,4,8H2,1-2H3,(H,15,16);7-10,13-14H,3-6H2,1-2H3/t9-;/m0./s1. The zero-order valence-electron chi connectivity index (χ0n) is 19.0. The minimum atomic E-state index is -0.923. The summed E-state index contributed by atoms with van der Waals surface area (Å²) in [5.41, 5.74) is 2.29. The number of benzene rings is 1. The van der Waals surface area contributed by atoms with Crippen molar-refractivity contribution in [1.82, 2.24) is 0 Å². The van der Waals surface area contributed by atoms with Crippen molar-refractivity contribution in [3.8, 4) is 11.8 Å². The Kier molecular flexibility index (Phi) is 12.5. The lowest BCUT2D eigenvalue weighted by Gasteiger charge is -2.10. The van der Waals surface area contributed by atoms with Crippen LogP contribution < -0.4 is 0 Å². The van der Waals surface area contributed by atoms with Gasteiger partial charge < -0.3 is 15.0 Å². The molecule has 31 heavy (non-hydrogen) atoms. The van der Waals surface area contributed by atoms with Crippen molar-refractivity contribution in [2.45, 2.75) is 72.3 Å². The van der Waals surface area contributed by atoms with E-state index in [1.165, 1.54) is 29.7 Å². The Morgan fingerprint density at radius 2 is 1.77 bits per heavy atom. The number of rotatable bonds is 9. The monoisotopic (exact) mass is 442 g/mol. The summed E-state index contributed by atoms with van der Waals surface area (Å²) in [6.45, 7) is 7.79. The third-order valence-electron chi connectivity index (χ3n) is 4.66. The number of aliphatic hydroxyl groups is 1. The van der Waals surface area contributed by atoms with Crippen LogP contribution in [0.15, 0.2) is 36.4 Å². The van der Waals surface area contributed by atoms with Gasteiger partial charge in [-0.15, -0.1) is 11.3 Å². The molecule has 0 radical (unpaired) electrons. The number of Topliss-reactive ketones (excluding diaryl/α,β-unsaturated/α-hetero) is 1. The quantitative estimate of drug-likeness (QED) is 0.347. The SMILES string of the molecule is CC(=O)C[C@@H](C)CC#Cc1ccc(C(=O)O)s1.CCCCCC(O)c1ccc(C)cc1. The Morgan fingerprint density at radius 3 is 2.32 bits per heavy atom. The first-order valence-corrected chi connectivity index (χ1v) is 11.6. The van der Waals surface area contributed by atoms with E-state index >= 15 is 0 Å². The van der Waals surface area contributed by atoms with Crippen molar-refractivity contribution < 1.29 is 19.8 Å². The van der Waals surface area contributed by atoms with Gasteiger partial charge in [0.25, 0.3) is 0 Å². The number of unbranched alkanes of at least 4 members (excludes halogenated alkanes) is 2. The van der Waals surface area contributed by atoms with Gasteiger partial charge in [0.2, 0.25) is 0 Å². The molecule has 0 saturated heterocycles. The van der Waals surface area contributed by atoms with Crippen molar-refractivity contribution >= 4 is 23.1 Å². The van der Waals surface area contributed by atoms with Crippen LogP contribution >= 0.6 is 11.3 Å². The molecule has 2 aromatic rings.